The average Bonchev–Trinajstić information content (AvgIpc) is 2.67. The van der Waals surface area contributed by atoms with Crippen LogP contribution >= 0.6 is 0 Å². The Balaban J connectivity index is 1.87. The van der Waals surface area contributed by atoms with Gasteiger partial charge in [-0.1, -0.05) is 6.07 Å². The SMILES string of the molecule is COc1cc(C2Oc3c(c(OC)cc4ccc(=O)oc34)OC2C)ccc1O. The molecule has 0 fully saturated rings. The Labute approximate surface area is 154 Å². The normalized spacial score (nSPS) is 18.3. The summed E-state index contributed by atoms with van der Waals surface area (Å²) in [7, 11) is 3.01. The molecule has 0 saturated carbocycles. The molecule has 0 spiro atoms. The molecular formula is C20H18O7. The Morgan fingerprint density at radius 1 is 0.963 bits per heavy atom. The quantitative estimate of drug-likeness (QED) is 0.707. The van der Waals surface area contributed by atoms with Gasteiger partial charge >= 0.3 is 5.63 Å². The monoisotopic (exact) mass is 370 g/mol. The Hall–Kier alpha value is -3.35. The van der Waals surface area contributed by atoms with Crippen LogP contribution in [0.25, 0.3) is 11.0 Å². The van der Waals surface area contributed by atoms with Gasteiger partial charge in [0.2, 0.25) is 11.5 Å². The average molecular weight is 370 g/mol. The maximum Gasteiger partial charge on any atom is 0.336 e. The Morgan fingerprint density at radius 2 is 1.74 bits per heavy atom. The Bertz CT molecular complexity index is 1070. The van der Waals surface area contributed by atoms with Crippen molar-refractivity contribution in [1.29, 1.82) is 0 Å². The molecule has 1 aliphatic rings. The minimum absolute atomic E-state index is 0.0316. The highest BCUT2D eigenvalue weighted by Gasteiger charge is 2.34. The molecule has 0 saturated heterocycles. The highest BCUT2D eigenvalue weighted by molar-refractivity contribution is 5.88. The van der Waals surface area contributed by atoms with Gasteiger partial charge in [0.05, 0.1) is 14.2 Å². The minimum Gasteiger partial charge on any atom is -0.504 e. The van der Waals surface area contributed by atoms with E-state index in [4.69, 9.17) is 23.4 Å². The standard InChI is InChI=1S/C20H18O7/c1-10-17(11-4-6-13(21)14(8-11)23-2)27-20-18-12(5-7-16(22)26-18)9-15(24-3)19(20)25-10/h4-10,17,21H,1-3H3. The number of ether oxygens (including phenoxy) is 4. The molecule has 3 aromatic rings. The summed E-state index contributed by atoms with van der Waals surface area (Å²) in [6.45, 7) is 1.86. The van der Waals surface area contributed by atoms with Gasteiger partial charge in [-0.2, -0.15) is 0 Å². The predicted molar refractivity (Wildman–Crippen MR) is 97.2 cm³/mol. The fourth-order valence-electron chi connectivity index (χ4n) is 3.19. The van der Waals surface area contributed by atoms with Crippen molar-refractivity contribution < 1.29 is 28.5 Å². The van der Waals surface area contributed by atoms with Gasteiger partial charge in [-0.05, 0) is 31.2 Å². The molecule has 1 aliphatic heterocycles. The number of phenolic OH excluding ortho intramolecular Hbond substituents is 1. The van der Waals surface area contributed by atoms with Crippen LogP contribution in [0.2, 0.25) is 0 Å². The lowest BCUT2D eigenvalue weighted by Gasteiger charge is -2.33. The van der Waals surface area contributed by atoms with Crippen molar-refractivity contribution >= 4 is 11.0 Å². The van der Waals surface area contributed by atoms with Crippen molar-refractivity contribution in [2.24, 2.45) is 0 Å². The van der Waals surface area contributed by atoms with Crippen LogP contribution in [-0.4, -0.2) is 25.4 Å². The molecule has 0 amide bonds. The van der Waals surface area contributed by atoms with E-state index in [9.17, 15) is 9.90 Å². The molecule has 0 bridgehead atoms. The molecule has 1 aromatic heterocycles. The lowest BCUT2D eigenvalue weighted by Crippen LogP contribution is -2.31. The third-order valence-corrected chi connectivity index (χ3v) is 4.51. The number of methoxy groups -OCH3 is 2. The van der Waals surface area contributed by atoms with Crippen molar-refractivity contribution in [1.82, 2.24) is 0 Å². The van der Waals surface area contributed by atoms with E-state index < -0.39 is 11.7 Å². The van der Waals surface area contributed by atoms with E-state index in [1.54, 1.807) is 24.3 Å². The van der Waals surface area contributed by atoms with Gasteiger partial charge in [0.1, 0.15) is 6.10 Å². The zero-order valence-electron chi connectivity index (χ0n) is 15.0. The lowest BCUT2D eigenvalue weighted by molar-refractivity contribution is 0.0286. The largest absolute Gasteiger partial charge is 0.504 e. The predicted octanol–water partition coefficient (Wildman–Crippen LogP) is 3.42. The van der Waals surface area contributed by atoms with Gasteiger partial charge < -0.3 is 28.5 Å². The van der Waals surface area contributed by atoms with Crippen LogP contribution in [0, 0.1) is 0 Å². The number of fused-ring (bicyclic) bond motifs is 3. The molecule has 2 unspecified atom stereocenters. The maximum atomic E-state index is 11.7. The number of hydrogen-bond donors (Lipinski definition) is 1. The summed E-state index contributed by atoms with van der Waals surface area (Å²) in [5.74, 6) is 1.53. The first-order valence-electron chi connectivity index (χ1n) is 8.37. The van der Waals surface area contributed by atoms with Gasteiger partial charge in [-0.15, -0.1) is 0 Å². The van der Waals surface area contributed by atoms with E-state index in [1.165, 1.54) is 26.4 Å². The van der Waals surface area contributed by atoms with E-state index in [1.807, 2.05) is 6.92 Å². The Morgan fingerprint density at radius 3 is 2.48 bits per heavy atom. The van der Waals surface area contributed by atoms with Crippen LogP contribution in [-0.2, 0) is 0 Å². The van der Waals surface area contributed by atoms with Gasteiger partial charge in [0, 0.05) is 17.0 Å². The number of rotatable bonds is 3. The van der Waals surface area contributed by atoms with Crippen LogP contribution < -0.4 is 24.6 Å². The van der Waals surface area contributed by atoms with Crippen LogP contribution in [0.4, 0.5) is 0 Å². The highest BCUT2D eigenvalue weighted by atomic mass is 16.6. The second kappa shape index (κ2) is 6.42. The van der Waals surface area contributed by atoms with E-state index >= 15 is 0 Å². The summed E-state index contributed by atoms with van der Waals surface area (Å²) in [6, 6.07) is 9.66. The molecule has 2 atom stereocenters. The third-order valence-electron chi connectivity index (χ3n) is 4.51. The first-order valence-corrected chi connectivity index (χ1v) is 8.37. The Kier molecular flexibility index (Phi) is 4.07. The fraction of sp³-hybridized carbons (Fsp3) is 0.250. The summed E-state index contributed by atoms with van der Waals surface area (Å²) in [5.41, 5.74) is 0.554. The lowest BCUT2D eigenvalue weighted by atomic mass is 10.0. The van der Waals surface area contributed by atoms with Crippen LogP contribution in [0.1, 0.15) is 18.6 Å². The van der Waals surface area contributed by atoms with Crippen molar-refractivity contribution in [2.45, 2.75) is 19.1 Å². The van der Waals surface area contributed by atoms with Gasteiger partial charge in [-0.25, -0.2) is 4.79 Å². The molecule has 1 N–H and O–H groups in total. The van der Waals surface area contributed by atoms with Gasteiger partial charge in [0.15, 0.2) is 28.9 Å². The molecule has 2 aromatic carbocycles. The molecule has 0 aliphatic carbocycles. The van der Waals surface area contributed by atoms with E-state index in [0.717, 1.165) is 5.56 Å². The molecule has 0 radical (unpaired) electrons. The fourth-order valence-corrected chi connectivity index (χ4v) is 3.19. The summed E-state index contributed by atoms with van der Waals surface area (Å²) >= 11 is 0. The molecule has 7 heteroatoms. The molecule has 4 rings (SSSR count). The minimum atomic E-state index is -0.507. The molecule has 7 nitrogen and oxygen atoms in total. The number of hydrogen-bond acceptors (Lipinski definition) is 7. The molecular weight excluding hydrogens is 352 g/mol. The number of benzene rings is 2. The van der Waals surface area contributed by atoms with Crippen LogP contribution in [0.15, 0.2) is 45.6 Å². The van der Waals surface area contributed by atoms with E-state index in [0.29, 0.717) is 34.0 Å². The number of phenols is 1. The zero-order valence-corrected chi connectivity index (χ0v) is 15.0. The first-order chi connectivity index (χ1) is 13.0. The van der Waals surface area contributed by atoms with Crippen molar-refractivity contribution in [3.8, 4) is 28.7 Å². The third kappa shape index (κ3) is 2.81. The molecule has 140 valence electrons. The summed E-state index contributed by atoms with van der Waals surface area (Å²) < 4.78 is 28.2. The molecule has 27 heavy (non-hydrogen) atoms. The zero-order chi connectivity index (χ0) is 19.1. The van der Waals surface area contributed by atoms with Crippen molar-refractivity contribution in [3.63, 3.8) is 0 Å². The topological polar surface area (TPSA) is 87.4 Å². The van der Waals surface area contributed by atoms with Crippen molar-refractivity contribution in [2.75, 3.05) is 14.2 Å². The smallest absolute Gasteiger partial charge is 0.336 e. The highest BCUT2D eigenvalue weighted by Crippen LogP contribution is 2.49. The molecule has 2 heterocycles. The van der Waals surface area contributed by atoms with Gasteiger partial charge in [-0.3, -0.25) is 0 Å². The van der Waals surface area contributed by atoms with Gasteiger partial charge in [0.25, 0.3) is 0 Å². The second-order valence-electron chi connectivity index (χ2n) is 6.20. The summed E-state index contributed by atoms with van der Waals surface area (Å²) in [6.07, 6.45) is -0.874. The summed E-state index contributed by atoms with van der Waals surface area (Å²) in [5, 5.41) is 10.5. The van der Waals surface area contributed by atoms with E-state index in [2.05, 4.69) is 0 Å². The van der Waals surface area contributed by atoms with Crippen molar-refractivity contribution in [3.05, 3.63) is 52.4 Å². The second-order valence-corrected chi connectivity index (χ2v) is 6.20. The summed E-state index contributed by atoms with van der Waals surface area (Å²) in [4.78, 5) is 11.7. The van der Waals surface area contributed by atoms with Crippen LogP contribution in [0.3, 0.4) is 0 Å². The van der Waals surface area contributed by atoms with Crippen LogP contribution in [0.5, 0.6) is 28.7 Å². The van der Waals surface area contributed by atoms with E-state index in [-0.39, 0.29) is 11.9 Å². The number of aromatic hydroxyl groups is 1. The first kappa shape index (κ1) is 17.1. The maximum absolute atomic E-state index is 11.7.